The molecule has 1 aliphatic rings. The second-order valence-electron chi connectivity index (χ2n) is 6.03. The summed E-state index contributed by atoms with van der Waals surface area (Å²) in [6, 6.07) is 8.52. The zero-order chi connectivity index (χ0) is 16.7. The van der Waals surface area contributed by atoms with Crippen LogP contribution < -0.4 is 5.73 Å². The molecule has 4 N–H and O–H groups in total. The number of aromatic amines is 1. The Labute approximate surface area is 138 Å². The van der Waals surface area contributed by atoms with Gasteiger partial charge in [-0.05, 0) is 36.8 Å². The number of nitrogens with zero attached hydrogens (tertiary/aromatic N) is 3. The number of nitrogens with two attached hydrogens (primary N) is 1. The van der Waals surface area contributed by atoms with E-state index in [0.29, 0.717) is 35.4 Å². The Morgan fingerprint density at radius 1 is 1.33 bits per heavy atom. The van der Waals surface area contributed by atoms with Crippen LogP contribution in [0.3, 0.4) is 0 Å². The van der Waals surface area contributed by atoms with Crippen molar-refractivity contribution in [1.82, 2.24) is 20.1 Å². The van der Waals surface area contributed by atoms with Gasteiger partial charge in [0.1, 0.15) is 5.75 Å². The number of carbonyl (C=O) groups is 1. The fourth-order valence-corrected chi connectivity index (χ4v) is 3.03. The minimum Gasteiger partial charge on any atom is -0.508 e. The van der Waals surface area contributed by atoms with Crippen LogP contribution in [-0.4, -0.2) is 50.2 Å². The van der Waals surface area contributed by atoms with Crippen LogP contribution in [0, 0.1) is 0 Å². The number of pyridine rings is 1. The van der Waals surface area contributed by atoms with E-state index in [0.717, 1.165) is 12.0 Å². The van der Waals surface area contributed by atoms with Gasteiger partial charge in [-0.1, -0.05) is 0 Å². The van der Waals surface area contributed by atoms with Crippen LogP contribution in [-0.2, 0) is 0 Å². The van der Waals surface area contributed by atoms with Gasteiger partial charge in [-0.3, -0.25) is 9.89 Å². The van der Waals surface area contributed by atoms with Crippen LogP contribution in [0.15, 0.2) is 36.5 Å². The van der Waals surface area contributed by atoms with Crippen LogP contribution >= 0.6 is 0 Å². The molecule has 7 nitrogen and oxygen atoms in total. The van der Waals surface area contributed by atoms with Crippen molar-refractivity contribution in [1.29, 1.82) is 0 Å². The summed E-state index contributed by atoms with van der Waals surface area (Å²) >= 11 is 0. The first-order valence-electron chi connectivity index (χ1n) is 7.80. The summed E-state index contributed by atoms with van der Waals surface area (Å²) in [5, 5.41) is 17.0. The lowest BCUT2D eigenvalue weighted by molar-refractivity contribution is 0.0793. The highest BCUT2D eigenvalue weighted by molar-refractivity contribution is 6.06. The van der Waals surface area contributed by atoms with Gasteiger partial charge in [0.25, 0.3) is 5.91 Å². The average molecular weight is 323 g/mol. The van der Waals surface area contributed by atoms with E-state index < -0.39 is 0 Å². The largest absolute Gasteiger partial charge is 0.508 e. The molecule has 1 aliphatic heterocycles. The number of carbonyl (C=O) groups excluding carboxylic acids is 1. The van der Waals surface area contributed by atoms with Gasteiger partial charge in [0.05, 0.1) is 22.8 Å². The maximum atomic E-state index is 12.9. The summed E-state index contributed by atoms with van der Waals surface area (Å²) in [6.07, 6.45) is 2.43. The van der Waals surface area contributed by atoms with Crippen LogP contribution in [0.2, 0.25) is 0 Å². The number of nitrogens with one attached hydrogen (secondary N) is 1. The Kier molecular flexibility index (Phi) is 3.42. The standard InChI is InChI=1S/C17H17N5O2/c18-11-5-6-22(9-11)17(24)13-7-15(10-1-3-12(23)4-2-10)20-16-14(13)8-19-21-16/h1-4,7-8,11,23H,5-6,9,18H2,(H,19,20,21)/t11-/m1/s1. The third-order valence-electron chi connectivity index (χ3n) is 4.33. The number of likely N-dealkylation sites (tertiary alicyclic amines) is 1. The quantitative estimate of drug-likeness (QED) is 0.662. The highest BCUT2D eigenvalue weighted by Crippen LogP contribution is 2.26. The maximum Gasteiger partial charge on any atom is 0.254 e. The van der Waals surface area contributed by atoms with E-state index >= 15 is 0 Å². The van der Waals surface area contributed by atoms with E-state index in [-0.39, 0.29) is 17.7 Å². The van der Waals surface area contributed by atoms with E-state index in [9.17, 15) is 9.90 Å². The van der Waals surface area contributed by atoms with Crippen molar-refractivity contribution in [3.05, 3.63) is 42.1 Å². The van der Waals surface area contributed by atoms with E-state index in [1.807, 2.05) is 0 Å². The molecule has 3 heterocycles. The van der Waals surface area contributed by atoms with Crippen LogP contribution in [0.4, 0.5) is 0 Å². The summed E-state index contributed by atoms with van der Waals surface area (Å²) in [5.74, 6) is 0.125. The first-order valence-corrected chi connectivity index (χ1v) is 7.80. The van der Waals surface area contributed by atoms with Crippen LogP contribution in [0.1, 0.15) is 16.8 Å². The van der Waals surface area contributed by atoms with Crippen molar-refractivity contribution in [3.8, 4) is 17.0 Å². The minimum atomic E-state index is -0.0585. The molecule has 0 aliphatic carbocycles. The molecule has 1 fully saturated rings. The molecular weight excluding hydrogens is 306 g/mol. The SMILES string of the molecule is N[C@@H]1CCN(C(=O)c2cc(-c3ccc(O)cc3)nc3[nH]ncc23)C1. The Hall–Kier alpha value is -2.93. The number of amides is 1. The minimum absolute atomic E-state index is 0.0344. The van der Waals surface area contributed by atoms with Crippen molar-refractivity contribution in [3.63, 3.8) is 0 Å². The fraction of sp³-hybridized carbons (Fsp3) is 0.235. The third kappa shape index (κ3) is 2.48. The lowest BCUT2D eigenvalue weighted by atomic mass is 10.1. The summed E-state index contributed by atoms with van der Waals surface area (Å²) in [6.45, 7) is 1.23. The van der Waals surface area contributed by atoms with Gasteiger partial charge in [-0.25, -0.2) is 4.98 Å². The van der Waals surface area contributed by atoms with Gasteiger partial charge in [0.2, 0.25) is 0 Å². The highest BCUT2D eigenvalue weighted by atomic mass is 16.3. The maximum absolute atomic E-state index is 12.9. The Bertz CT molecular complexity index is 903. The first-order chi connectivity index (χ1) is 11.6. The fourth-order valence-electron chi connectivity index (χ4n) is 3.03. The molecule has 1 saturated heterocycles. The lowest BCUT2D eigenvalue weighted by Gasteiger charge is -2.16. The molecule has 4 rings (SSSR count). The van der Waals surface area contributed by atoms with Gasteiger partial charge in [-0.15, -0.1) is 0 Å². The molecule has 0 bridgehead atoms. The van der Waals surface area contributed by atoms with Gasteiger partial charge in [0, 0.05) is 24.7 Å². The lowest BCUT2D eigenvalue weighted by Crippen LogP contribution is -2.32. The summed E-state index contributed by atoms with van der Waals surface area (Å²) in [4.78, 5) is 19.2. The topological polar surface area (TPSA) is 108 Å². The normalized spacial score (nSPS) is 17.5. The molecular formula is C17H17N5O2. The second-order valence-corrected chi connectivity index (χ2v) is 6.03. The second kappa shape index (κ2) is 5.61. The van der Waals surface area contributed by atoms with Crippen LogP contribution in [0.25, 0.3) is 22.3 Å². The Balaban J connectivity index is 1.80. The molecule has 0 radical (unpaired) electrons. The summed E-state index contributed by atoms with van der Waals surface area (Å²) < 4.78 is 0. The van der Waals surface area contributed by atoms with Crippen LogP contribution in [0.5, 0.6) is 5.75 Å². The van der Waals surface area contributed by atoms with E-state index in [1.54, 1.807) is 41.4 Å². The van der Waals surface area contributed by atoms with Crippen molar-refractivity contribution in [2.45, 2.75) is 12.5 Å². The van der Waals surface area contributed by atoms with Crippen molar-refractivity contribution >= 4 is 16.9 Å². The number of aromatic nitrogens is 3. The smallest absolute Gasteiger partial charge is 0.254 e. The zero-order valence-electron chi connectivity index (χ0n) is 12.9. The number of aromatic hydroxyl groups is 1. The van der Waals surface area contributed by atoms with E-state index in [1.165, 1.54) is 0 Å². The highest BCUT2D eigenvalue weighted by Gasteiger charge is 2.26. The van der Waals surface area contributed by atoms with Crippen molar-refractivity contribution < 1.29 is 9.90 Å². The molecule has 1 atom stereocenters. The van der Waals surface area contributed by atoms with E-state index in [2.05, 4.69) is 15.2 Å². The molecule has 3 aromatic rings. The molecule has 122 valence electrons. The third-order valence-corrected chi connectivity index (χ3v) is 4.33. The van der Waals surface area contributed by atoms with Gasteiger partial charge < -0.3 is 15.7 Å². The van der Waals surface area contributed by atoms with Crippen molar-refractivity contribution in [2.75, 3.05) is 13.1 Å². The number of rotatable bonds is 2. The van der Waals surface area contributed by atoms with Gasteiger partial charge >= 0.3 is 0 Å². The predicted molar refractivity (Wildman–Crippen MR) is 89.5 cm³/mol. The number of benzene rings is 1. The molecule has 1 amide bonds. The van der Waals surface area contributed by atoms with Gasteiger partial charge in [-0.2, -0.15) is 5.10 Å². The number of phenols is 1. The number of fused-ring (bicyclic) bond motifs is 1. The van der Waals surface area contributed by atoms with Crippen molar-refractivity contribution in [2.24, 2.45) is 5.73 Å². The molecule has 7 heteroatoms. The molecule has 2 aromatic heterocycles. The van der Waals surface area contributed by atoms with Gasteiger partial charge in [0.15, 0.2) is 5.65 Å². The molecule has 0 saturated carbocycles. The molecule has 0 unspecified atom stereocenters. The number of hydrogen-bond donors (Lipinski definition) is 3. The molecule has 1 aromatic carbocycles. The average Bonchev–Trinajstić information content (AvgIpc) is 3.22. The van der Waals surface area contributed by atoms with E-state index in [4.69, 9.17) is 5.73 Å². The Morgan fingerprint density at radius 2 is 2.12 bits per heavy atom. The summed E-state index contributed by atoms with van der Waals surface area (Å²) in [7, 11) is 0. The predicted octanol–water partition coefficient (Wildman–Crippen LogP) is 1.50. The summed E-state index contributed by atoms with van der Waals surface area (Å²) in [5.41, 5.74) is 8.51. The number of H-pyrrole nitrogens is 1. The Morgan fingerprint density at radius 3 is 2.83 bits per heavy atom. The zero-order valence-corrected chi connectivity index (χ0v) is 12.9. The number of phenolic OH excluding ortho intramolecular Hbond substituents is 1. The monoisotopic (exact) mass is 323 g/mol. The molecule has 24 heavy (non-hydrogen) atoms. The first kappa shape index (κ1) is 14.6. The number of hydrogen-bond acceptors (Lipinski definition) is 5. The molecule has 0 spiro atoms.